The van der Waals surface area contributed by atoms with Gasteiger partial charge >= 0.3 is 0 Å². The first-order valence-corrected chi connectivity index (χ1v) is 8.83. The van der Waals surface area contributed by atoms with Gasteiger partial charge in [-0.3, -0.25) is 4.79 Å². The Morgan fingerprint density at radius 3 is 2.83 bits per heavy atom. The predicted molar refractivity (Wildman–Crippen MR) is 85.0 cm³/mol. The van der Waals surface area contributed by atoms with Crippen LogP contribution in [0.3, 0.4) is 0 Å². The van der Waals surface area contributed by atoms with Crippen LogP contribution in [0.4, 0.5) is 0 Å². The van der Waals surface area contributed by atoms with Crippen molar-refractivity contribution in [1.82, 2.24) is 15.1 Å². The van der Waals surface area contributed by atoms with Gasteiger partial charge in [-0.05, 0) is 12.3 Å². The van der Waals surface area contributed by atoms with Crippen LogP contribution in [0.2, 0.25) is 0 Å². The topological polar surface area (TPSA) is 68.5 Å². The van der Waals surface area contributed by atoms with E-state index in [1.54, 1.807) is 0 Å². The van der Waals surface area contributed by atoms with Gasteiger partial charge in [-0.15, -0.1) is 10.2 Å². The number of morpholine rings is 1. The number of ether oxygens (including phenoxy) is 1. The number of carbonyl (C=O) groups is 1. The minimum absolute atomic E-state index is 0.182. The van der Waals surface area contributed by atoms with Gasteiger partial charge < -0.3 is 14.1 Å². The second-order valence-electron chi connectivity index (χ2n) is 7.04. The van der Waals surface area contributed by atoms with E-state index in [2.05, 4.69) is 10.2 Å². The van der Waals surface area contributed by atoms with Crippen molar-refractivity contribution in [2.45, 2.75) is 64.3 Å². The fourth-order valence-electron chi connectivity index (χ4n) is 3.25. The monoisotopic (exact) mass is 321 g/mol. The Kier molecular flexibility index (Phi) is 5.30. The second kappa shape index (κ2) is 7.43. The molecule has 0 bridgehead atoms. The maximum atomic E-state index is 12.6. The van der Waals surface area contributed by atoms with E-state index in [4.69, 9.17) is 9.15 Å². The number of amides is 1. The molecule has 23 heavy (non-hydrogen) atoms. The van der Waals surface area contributed by atoms with Gasteiger partial charge in [0.2, 0.25) is 17.7 Å². The summed E-state index contributed by atoms with van der Waals surface area (Å²) in [5.41, 5.74) is 0. The molecule has 2 aliphatic rings. The van der Waals surface area contributed by atoms with E-state index in [0.717, 1.165) is 12.3 Å². The molecule has 1 amide bonds. The fraction of sp³-hybridized carbons (Fsp3) is 0.824. The lowest BCUT2D eigenvalue weighted by atomic mass is 9.80. The number of nitrogens with zero attached hydrogens (tertiary/aromatic N) is 3. The Bertz CT molecular complexity index is 525. The van der Waals surface area contributed by atoms with Crippen molar-refractivity contribution >= 4 is 5.91 Å². The van der Waals surface area contributed by atoms with Crippen LogP contribution in [0, 0.1) is 5.92 Å². The molecule has 2 fully saturated rings. The highest BCUT2D eigenvalue weighted by molar-refractivity contribution is 5.76. The van der Waals surface area contributed by atoms with Crippen LogP contribution in [0.25, 0.3) is 0 Å². The molecule has 128 valence electrons. The summed E-state index contributed by atoms with van der Waals surface area (Å²) in [4.78, 5) is 14.6. The van der Waals surface area contributed by atoms with Crippen molar-refractivity contribution in [2.75, 3.05) is 19.8 Å². The molecule has 1 saturated heterocycles. The minimum atomic E-state index is 0.182. The summed E-state index contributed by atoms with van der Waals surface area (Å²) in [7, 11) is 0. The first-order chi connectivity index (χ1) is 11.1. The Morgan fingerprint density at radius 2 is 2.17 bits per heavy atom. The number of hydrogen-bond donors (Lipinski definition) is 0. The van der Waals surface area contributed by atoms with Gasteiger partial charge in [-0.2, -0.15) is 0 Å². The Hall–Kier alpha value is -1.43. The number of rotatable bonds is 6. The van der Waals surface area contributed by atoms with E-state index in [1.165, 1.54) is 19.3 Å². The van der Waals surface area contributed by atoms with Crippen LogP contribution < -0.4 is 0 Å². The average Bonchev–Trinajstić information content (AvgIpc) is 2.98. The molecular weight excluding hydrogens is 294 g/mol. The molecule has 2 heterocycles. The van der Waals surface area contributed by atoms with E-state index < -0.39 is 0 Å². The quantitative estimate of drug-likeness (QED) is 0.805. The molecule has 1 aromatic rings. The zero-order valence-corrected chi connectivity index (χ0v) is 14.2. The molecule has 1 aliphatic heterocycles. The standard InChI is InChI=1S/C17H27N3O3/c1-12(2)17-19-18-15(23-17)6-7-16(21)20-8-9-22-11-14(20)10-13-4-3-5-13/h12-14H,3-11H2,1-2H3/t14-/m0/s1. The van der Waals surface area contributed by atoms with Gasteiger partial charge in [0.25, 0.3) is 0 Å². The van der Waals surface area contributed by atoms with Crippen molar-refractivity contribution in [1.29, 1.82) is 0 Å². The summed E-state index contributed by atoms with van der Waals surface area (Å²) in [6.07, 6.45) is 5.98. The summed E-state index contributed by atoms with van der Waals surface area (Å²) in [6, 6.07) is 0.246. The molecule has 0 radical (unpaired) electrons. The van der Waals surface area contributed by atoms with Crippen LogP contribution in [0.5, 0.6) is 0 Å². The van der Waals surface area contributed by atoms with Crippen molar-refractivity contribution < 1.29 is 13.9 Å². The largest absolute Gasteiger partial charge is 0.425 e. The molecule has 0 aromatic carbocycles. The predicted octanol–water partition coefficient (Wildman–Crippen LogP) is 2.54. The first kappa shape index (κ1) is 16.4. The van der Waals surface area contributed by atoms with Crippen LogP contribution >= 0.6 is 0 Å². The van der Waals surface area contributed by atoms with E-state index in [1.807, 2.05) is 18.7 Å². The van der Waals surface area contributed by atoms with Gasteiger partial charge in [0.15, 0.2) is 0 Å². The normalized spacial score (nSPS) is 22.4. The van der Waals surface area contributed by atoms with Crippen molar-refractivity contribution in [2.24, 2.45) is 5.92 Å². The highest BCUT2D eigenvalue weighted by atomic mass is 16.5. The lowest BCUT2D eigenvalue weighted by Crippen LogP contribution is -2.49. The van der Waals surface area contributed by atoms with Crippen LogP contribution in [0.1, 0.15) is 63.7 Å². The Balaban J connectivity index is 1.52. The first-order valence-electron chi connectivity index (χ1n) is 8.83. The maximum absolute atomic E-state index is 12.6. The van der Waals surface area contributed by atoms with Gasteiger partial charge in [-0.1, -0.05) is 33.1 Å². The molecule has 6 nitrogen and oxygen atoms in total. The summed E-state index contributed by atoms with van der Waals surface area (Å²) in [5.74, 6) is 2.38. The van der Waals surface area contributed by atoms with Crippen molar-refractivity contribution in [3.8, 4) is 0 Å². The van der Waals surface area contributed by atoms with Gasteiger partial charge in [0, 0.05) is 25.3 Å². The molecule has 6 heteroatoms. The zero-order chi connectivity index (χ0) is 16.2. The van der Waals surface area contributed by atoms with Crippen LogP contribution in [-0.4, -0.2) is 46.8 Å². The lowest BCUT2D eigenvalue weighted by molar-refractivity contribution is -0.140. The molecule has 0 spiro atoms. The minimum Gasteiger partial charge on any atom is -0.425 e. The van der Waals surface area contributed by atoms with E-state index in [9.17, 15) is 4.79 Å². The molecule has 1 saturated carbocycles. The summed E-state index contributed by atoms with van der Waals surface area (Å²) < 4.78 is 11.2. The second-order valence-corrected chi connectivity index (χ2v) is 7.04. The summed E-state index contributed by atoms with van der Waals surface area (Å²) in [6.45, 7) is 6.06. The number of aryl methyl sites for hydroxylation is 1. The summed E-state index contributed by atoms with van der Waals surface area (Å²) in [5, 5.41) is 8.05. The van der Waals surface area contributed by atoms with Gasteiger partial charge in [0.1, 0.15) is 0 Å². The van der Waals surface area contributed by atoms with Gasteiger partial charge in [0.05, 0.1) is 19.3 Å². The third-order valence-corrected chi connectivity index (χ3v) is 4.91. The Labute approximate surface area is 137 Å². The lowest BCUT2D eigenvalue weighted by Gasteiger charge is -2.39. The zero-order valence-electron chi connectivity index (χ0n) is 14.2. The smallest absolute Gasteiger partial charge is 0.223 e. The molecule has 1 aromatic heterocycles. The summed E-state index contributed by atoms with van der Waals surface area (Å²) >= 11 is 0. The van der Waals surface area contributed by atoms with E-state index >= 15 is 0 Å². The average molecular weight is 321 g/mol. The number of carbonyl (C=O) groups excluding carboxylic acids is 1. The fourth-order valence-corrected chi connectivity index (χ4v) is 3.25. The van der Waals surface area contributed by atoms with Crippen LogP contribution in [-0.2, 0) is 16.0 Å². The molecular formula is C17H27N3O3. The Morgan fingerprint density at radius 1 is 1.35 bits per heavy atom. The number of aromatic nitrogens is 2. The molecule has 3 rings (SSSR count). The van der Waals surface area contributed by atoms with E-state index in [0.29, 0.717) is 44.4 Å². The number of hydrogen-bond acceptors (Lipinski definition) is 5. The molecule has 1 atom stereocenters. The molecule has 0 N–H and O–H groups in total. The highest BCUT2D eigenvalue weighted by Gasteiger charge is 2.31. The van der Waals surface area contributed by atoms with Crippen LogP contribution in [0.15, 0.2) is 4.42 Å². The SMILES string of the molecule is CC(C)c1nnc(CCC(=O)N2CCOC[C@@H]2CC2CCC2)o1. The van der Waals surface area contributed by atoms with Crippen molar-refractivity contribution in [3.05, 3.63) is 11.8 Å². The third kappa shape index (κ3) is 4.10. The molecule has 0 unspecified atom stereocenters. The van der Waals surface area contributed by atoms with Crippen molar-refractivity contribution in [3.63, 3.8) is 0 Å². The van der Waals surface area contributed by atoms with E-state index in [-0.39, 0.29) is 17.9 Å². The third-order valence-electron chi connectivity index (χ3n) is 4.91. The maximum Gasteiger partial charge on any atom is 0.223 e. The highest BCUT2D eigenvalue weighted by Crippen LogP contribution is 2.32. The molecule has 1 aliphatic carbocycles. The van der Waals surface area contributed by atoms with Gasteiger partial charge in [-0.25, -0.2) is 0 Å².